The zero-order valence-electron chi connectivity index (χ0n) is 17.6. The molecule has 0 amide bonds. The molecule has 0 bridgehead atoms. The van der Waals surface area contributed by atoms with Crippen molar-refractivity contribution < 1.29 is 4.79 Å². The molecule has 1 aliphatic carbocycles. The predicted octanol–water partition coefficient (Wildman–Crippen LogP) is 4.95. The molecular formula is C25H32O. The van der Waals surface area contributed by atoms with Crippen molar-refractivity contribution in [2.75, 3.05) is 0 Å². The number of aryl methyl sites for hydroxylation is 2. The lowest BCUT2D eigenvalue weighted by molar-refractivity contribution is -0.114. The third-order valence-electron chi connectivity index (χ3n) is 4.91. The molecule has 0 unspecified atom stereocenters. The second-order valence-corrected chi connectivity index (χ2v) is 9.41. The summed E-state index contributed by atoms with van der Waals surface area (Å²) >= 11 is 0. The van der Waals surface area contributed by atoms with Crippen LogP contribution in [0.4, 0.5) is 0 Å². The molecule has 1 aromatic carbocycles. The van der Waals surface area contributed by atoms with Crippen molar-refractivity contribution in [2.24, 2.45) is 10.8 Å². The Balaban J connectivity index is 2.62. The molecule has 0 atom stereocenters. The number of carbonyl (C=O) groups excluding carboxylic acids is 1. The number of Topliss-reactive ketones (excluding diaryl/α,β-unsaturated/α-hetero) is 1. The number of carbonyl (C=O) groups is 1. The maximum Gasteiger partial charge on any atom is 0.186 e. The highest BCUT2D eigenvalue weighted by molar-refractivity contribution is 6.11. The molecule has 0 saturated heterocycles. The van der Waals surface area contributed by atoms with Crippen LogP contribution in [0.3, 0.4) is 0 Å². The van der Waals surface area contributed by atoms with Crippen LogP contribution in [0.1, 0.15) is 52.7 Å². The van der Waals surface area contributed by atoms with Crippen molar-refractivity contribution in [1.82, 2.24) is 0 Å². The zero-order chi connectivity index (χ0) is 19.9. The van der Waals surface area contributed by atoms with Gasteiger partial charge in [-0.25, -0.2) is 0 Å². The molecule has 1 aliphatic rings. The third-order valence-corrected chi connectivity index (χ3v) is 4.91. The van der Waals surface area contributed by atoms with E-state index in [-0.39, 0.29) is 16.6 Å². The number of ketones is 1. The first-order chi connectivity index (χ1) is 11.8. The normalized spacial score (nSPS) is 15.5. The first kappa shape index (κ1) is 20.2. The molecule has 0 radical (unpaired) electrons. The first-order valence-corrected chi connectivity index (χ1v) is 9.28. The van der Waals surface area contributed by atoms with Crippen LogP contribution in [0, 0.1) is 24.7 Å². The summed E-state index contributed by atoms with van der Waals surface area (Å²) in [5, 5.41) is 2.26. The van der Waals surface area contributed by atoms with Crippen LogP contribution >= 0.6 is 0 Å². The van der Waals surface area contributed by atoms with Crippen molar-refractivity contribution in [3.05, 3.63) is 68.6 Å². The van der Waals surface area contributed by atoms with Crippen LogP contribution in [0.15, 0.2) is 47.1 Å². The summed E-state index contributed by atoms with van der Waals surface area (Å²) in [6, 6.07) is 4.31. The Hall–Kier alpha value is -2.15. The molecular weight excluding hydrogens is 316 g/mol. The van der Waals surface area contributed by atoms with Crippen LogP contribution in [0.25, 0.3) is 12.7 Å². The van der Waals surface area contributed by atoms with Crippen molar-refractivity contribution in [1.29, 1.82) is 0 Å². The third kappa shape index (κ3) is 4.33. The Bertz CT molecular complexity index is 870. The van der Waals surface area contributed by atoms with Gasteiger partial charge in [-0.15, -0.1) is 0 Å². The number of hydrogen-bond acceptors (Lipinski definition) is 1. The summed E-state index contributed by atoms with van der Waals surface area (Å²) in [4.78, 5) is 13.0. The van der Waals surface area contributed by atoms with Gasteiger partial charge in [0.2, 0.25) is 0 Å². The average Bonchev–Trinajstić information content (AvgIpc) is 2.49. The van der Waals surface area contributed by atoms with Crippen LogP contribution in [-0.4, -0.2) is 5.78 Å². The smallest absolute Gasteiger partial charge is 0.186 e. The van der Waals surface area contributed by atoms with E-state index in [9.17, 15) is 4.79 Å². The molecule has 0 spiro atoms. The highest BCUT2D eigenvalue weighted by Crippen LogP contribution is 2.38. The van der Waals surface area contributed by atoms with Gasteiger partial charge in [-0.1, -0.05) is 72.4 Å². The molecule has 1 nitrogen and oxygen atoms in total. The predicted molar refractivity (Wildman–Crippen MR) is 113 cm³/mol. The van der Waals surface area contributed by atoms with Gasteiger partial charge in [0, 0.05) is 11.1 Å². The summed E-state index contributed by atoms with van der Waals surface area (Å²) in [5.74, 6) is 0.176. The van der Waals surface area contributed by atoms with E-state index in [0.29, 0.717) is 0 Å². The quantitative estimate of drug-likeness (QED) is 0.702. The maximum absolute atomic E-state index is 13.0. The highest BCUT2D eigenvalue weighted by Gasteiger charge is 2.33. The minimum Gasteiger partial charge on any atom is -0.289 e. The standard InChI is InChI=1S/C25H32O/c1-16-12-19(13-17(2)18(16)3)10-11-20-14-21(24(4,5)6)23(26)22(15-20)25(7,8)9/h10-15H,3H2,1-2,4-9H3. The molecule has 1 heteroatoms. The SMILES string of the molecule is C=c1c(C)cc(=CC=C2C=C(C(C)(C)C)C(=O)C(C(C)(C)C)=C2)cc1C. The van der Waals surface area contributed by atoms with Crippen molar-refractivity contribution >= 4 is 18.4 Å². The van der Waals surface area contributed by atoms with Crippen molar-refractivity contribution in [3.8, 4) is 0 Å². The second-order valence-electron chi connectivity index (χ2n) is 9.41. The molecule has 138 valence electrons. The molecule has 0 aromatic heterocycles. The summed E-state index contributed by atoms with van der Waals surface area (Å²) < 4.78 is 0. The van der Waals surface area contributed by atoms with Gasteiger partial charge in [-0.3, -0.25) is 4.79 Å². The Morgan fingerprint density at radius 2 is 1.23 bits per heavy atom. The van der Waals surface area contributed by atoms with Gasteiger partial charge in [0.05, 0.1) is 0 Å². The Labute approximate surface area is 158 Å². The lowest BCUT2D eigenvalue weighted by Gasteiger charge is -2.31. The molecule has 0 saturated carbocycles. The second kappa shape index (κ2) is 6.87. The fraction of sp³-hybridized carbons (Fsp3) is 0.400. The lowest BCUT2D eigenvalue weighted by Crippen LogP contribution is -2.27. The highest BCUT2D eigenvalue weighted by atomic mass is 16.1. The van der Waals surface area contributed by atoms with Gasteiger partial charge in [0.15, 0.2) is 5.78 Å². The molecule has 26 heavy (non-hydrogen) atoms. The van der Waals surface area contributed by atoms with E-state index in [2.05, 4.69) is 86.3 Å². The summed E-state index contributed by atoms with van der Waals surface area (Å²) in [7, 11) is 0. The Kier molecular flexibility index (Phi) is 5.33. The van der Waals surface area contributed by atoms with Crippen LogP contribution < -0.4 is 10.4 Å². The van der Waals surface area contributed by atoms with E-state index in [1.165, 1.54) is 11.1 Å². The summed E-state index contributed by atoms with van der Waals surface area (Å²) in [6.07, 6.45) is 8.33. The van der Waals surface area contributed by atoms with Crippen LogP contribution in [0.5, 0.6) is 0 Å². The summed E-state index contributed by atoms with van der Waals surface area (Å²) in [5.41, 5.74) is 4.88. The van der Waals surface area contributed by atoms with E-state index in [4.69, 9.17) is 0 Å². The molecule has 2 rings (SSSR count). The first-order valence-electron chi connectivity index (χ1n) is 9.28. The Morgan fingerprint density at radius 1 is 0.808 bits per heavy atom. The minimum atomic E-state index is -0.177. The lowest BCUT2D eigenvalue weighted by atomic mass is 9.72. The largest absolute Gasteiger partial charge is 0.289 e. The summed E-state index contributed by atoms with van der Waals surface area (Å²) in [6.45, 7) is 20.9. The van der Waals surface area contributed by atoms with E-state index in [1.807, 2.05) is 12.2 Å². The number of benzene rings is 1. The van der Waals surface area contributed by atoms with Gasteiger partial charge >= 0.3 is 0 Å². The fourth-order valence-corrected chi connectivity index (χ4v) is 3.18. The molecule has 0 N–H and O–H groups in total. The van der Waals surface area contributed by atoms with Crippen molar-refractivity contribution in [2.45, 2.75) is 55.4 Å². The van der Waals surface area contributed by atoms with Gasteiger partial charge in [-0.2, -0.15) is 0 Å². The van der Waals surface area contributed by atoms with Gasteiger partial charge in [-0.05, 0) is 64.0 Å². The number of allylic oxidation sites excluding steroid dienone is 6. The molecule has 0 fully saturated rings. The number of rotatable bonds is 1. The zero-order valence-corrected chi connectivity index (χ0v) is 17.6. The Morgan fingerprint density at radius 3 is 1.62 bits per heavy atom. The average molecular weight is 349 g/mol. The molecule has 0 aliphatic heterocycles. The van der Waals surface area contributed by atoms with E-state index in [1.54, 1.807) is 0 Å². The van der Waals surface area contributed by atoms with E-state index in [0.717, 1.165) is 27.2 Å². The monoisotopic (exact) mass is 348 g/mol. The topological polar surface area (TPSA) is 17.1 Å². The maximum atomic E-state index is 13.0. The van der Waals surface area contributed by atoms with Gasteiger partial charge in [0.25, 0.3) is 0 Å². The molecule has 0 heterocycles. The van der Waals surface area contributed by atoms with Gasteiger partial charge in [0.1, 0.15) is 0 Å². The van der Waals surface area contributed by atoms with Gasteiger partial charge < -0.3 is 0 Å². The number of hydrogen-bond donors (Lipinski definition) is 0. The van der Waals surface area contributed by atoms with Crippen LogP contribution in [0.2, 0.25) is 0 Å². The molecule has 1 aromatic rings. The van der Waals surface area contributed by atoms with Crippen molar-refractivity contribution in [3.63, 3.8) is 0 Å². The van der Waals surface area contributed by atoms with E-state index < -0.39 is 0 Å². The van der Waals surface area contributed by atoms with E-state index >= 15 is 0 Å². The minimum absolute atomic E-state index is 0.176. The van der Waals surface area contributed by atoms with Crippen LogP contribution in [-0.2, 0) is 4.79 Å². The fourth-order valence-electron chi connectivity index (χ4n) is 3.18.